The lowest BCUT2D eigenvalue weighted by Gasteiger charge is -2.40. The summed E-state index contributed by atoms with van der Waals surface area (Å²) in [4.78, 5) is 2.41. The summed E-state index contributed by atoms with van der Waals surface area (Å²) in [5.41, 5.74) is -0.282. The van der Waals surface area contributed by atoms with Gasteiger partial charge in [-0.1, -0.05) is 13.8 Å². The van der Waals surface area contributed by atoms with Crippen LogP contribution in [0.1, 0.15) is 40.5 Å². The average Bonchev–Trinajstić information content (AvgIpc) is 2.15. The van der Waals surface area contributed by atoms with Crippen molar-refractivity contribution in [1.29, 1.82) is 0 Å². The van der Waals surface area contributed by atoms with Crippen LogP contribution < -0.4 is 5.32 Å². The fourth-order valence-electron chi connectivity index (χ4n) is 2.62. The topological polar surface area (TPSA) is 35.5 Å². The van der Waals surface area contributed by atoms with E-state index in [1.54, 1.807) is 0 Å². The zero-order valence-electron chi connectivity index (χ0n) is 12.2. The quantitative estimate of drug-likeness (QED) is 0.770. The van der Waals surface area contributed by atoms with Gasteiger partial charge in [-0.2, -0.15) is 0 Å². The van der Waals surface area contributed by atoms with Gasteiger partial charge in [-0.05, 0) is 58.2 Å². The van der Waals surface area contributed by atoms with Crippen LogP contribution >= 0.6 is 0 Å². The molecule has 1 rings (SSSR count). The molecule has 1 saturated heterocycles. The van der Waals surface area contributed by atoms with Crippen molar-refractivity contribution < 1.29 is 5.11 Å². The first-order valence-corrected chi connectivity index (χ1v) is 6.82. The van der Waals surface area contributed by atoms with Crippen LogP contribution in [0.4, 0.5) is 0 Å². The van der Waals surface area contributed by atoms with Gasteiger partial charge in [-0.25, -0.2) is 0 Å². The molecule has 3 nitrogen and oxygen atoms in total. The molecule has 1 fully saturated rings. The lowest BCUT2D eigenvalue weighted by Crippen LogP contribution is -2.44. The molecule has 0 aromatic heterocycles. The SMILES string of the molecule is CN1CCC(C(C)(C)CNCC(C)(C)O)CC1. The standard InChI is InChI=1S/C14H30N2O/c1-13(2,10-15-11-14(3,4)17)12-6-8-16(5)9-7-12/h12,15,17H,6-11H2,1-5H3. The Balaban J connectivity index is 2.35. The van der Waals surface area contributed by atoms with E-state index in [0.717, 1.165) is 12.5 Å². The van der Waals surface area contributed by atoms with Crippen molar-refractivity contribution in [2.75, 3.05) is 33.2 Å². The molecule has 0 bridgehead atoms. The number of aliphatic hydroxyl groups is 1. The number of likely N-dealkylation sites (tertiary alicyclic amines) is 1. The van der Waals surface area contributed by atoms with Crippen molar-refractivity contribution in [3.63, 3.8) is 0 Å². The molecule has 1 aliphatic rings. The molecule has 0 spiro atoms. The highest BCUT2D eigenvalue weighted by molar-refractivity contribution is 4.85. The van der Waals surface area contributed by atoms with Crippen molar-refractivity contribution >= 4 is 0 Å². The molecule has 0 aromatic rings. The Morgan fingerprint density at radius 2 is 1.65 bits per heavy atom. The first-order chi connectivity index (χ1) is 7.71. The van der Waals surface area contributed by atoms with E-state index in [1.165, 1.54) is 25.9 Å². The Hall–Kier alpha value is -0.120. The molecular weight excluding hydrogens is 212 g/mol. The molecule has 0 radical (unpaired) electrons. The zero-order chi connectivity index (χ0) is 13.1. The summed E-state index contributed by atoms with van der Waals surface area (Å²) in [5, 5.41) is 13.1. The Bertz CT molecular complexity index is 225. The van der Waals surface area contributed by atoms with Gasteiger partial charge in [0.15, 0.2) is 0 Å². The zero-order valence-corrected chi connectivity index (χ0v) is 12.2. The highest BCUT2D eigenvalue weighted by Gasteiger charge is 2.31. The fourth-order valence-corrected chi connectivity index (χ4v) is 2.62. The van der Waals surface area contributed by atoms with Crippen LogP contribution in [0.5, 0.6) is 0 Å². The van der Waals surface area contributed by atoms with E-state index in [4.69, 9.17) is 0 Å². The summed E-state index contributed by atoms with van der Waals surface area (Å²) < 4.78 is 0. The van der Waals surface area contributed by atoms with Crippen molar-refractivity contribution in [2.24, 2.45) is 11.3 Å². The second-order valence-corrected chi connectivity index (χ2v) is 6.98. The largest absolute Gasteiger partial charge is 0.389 e. The summed E-state index contributed by atoms with van der Waals surface area (Å²) >= 11 is 0. The highest BCUT2D eigenvalue weighted by atomic mass is 16.3. The van der Waals surface area contributed by atoms with Gasteiger partial charge < -0.3 is 15.3 Å². The van der Waals surface area contributed by atoms with E-state index in [1.807, 2.05) is 13.8 Å². The Morgan fingerprint density at radius 3 is 2.12 bits per heavy atom. The maximum absolute atomic E-state index is 9.69. The van der Waals surface area contributed by atoms with Gasteiger partial charge in [0.2, 0.25) is 0 Å². The maximum atomic E-state index is 9.69. The monoisotopic (exact) mass is 242 g/mol. The van der Waals surface area contributed by atoms with Crippen LogP contribution in [0.25, 0.3) is 0 Å². The smallest absolute Gasteiger partial charge is 0.0715 e. The normalized spacial score (nSPS) is 20.8. The van der Waals surface area contributed by atoms with Crippen molar-refractivity contribution in [3.05, 3.63) is 0 Å². The first kappa shape index (κ1) is 14.9. The molecule has 0 saturated carbocycles. The molecule has 102 valence electrons. The molecule has 0 aliphatic carbocycles. The van der Waals surface area contributed by atoms with E-state index in [0.29, 0.717) is 12.0 Å². The Morgan fingerprint density at radius 1 is 1.12 bits per heavy atom. The van der Waals surface area contributed by atoms with Gasteiger partial charge in [0.1, 0.15) is 0 Å². The molecule has 2 N–H and O–H groups in total. The molecular formula is C14H30N2O. The van der Waals surface area contributed by atoms with Crippen LogP contribution in [0, 0.1) is 11.3 Å². The van der Waals surface area contributed by atoms with E-state index in [9.17, 15) is 5.11 Å². The van der Waals surface area contributed by atoms with E-state index in [2.05, 4.69) is 31.1 Å². The maximum Gasteiger partial charge on any atom is 0.0715 e. The molecule has 17 heavy (non-hydrogen) atoms. The summed E-state index contributed by atoms with van der Waals surface area (Å²) in [6.45, 7) is 12.5. The average molecular weight is 242 g/mol. The number of rotatable bonds is 5. The number of nitrogens with zero attached hydrogens (tertiary/aromatic N) is 1. The van der Waals surface area contributed by atoms with Crippen molar-refractivity contribution in [3.8, 4) is 0 Å². The third-order valence-electron chi connectivity index (χ3n) is 3.96. The van der Waals surface area contributed by atoms with Gasteiger partial charge in [0, 0.05) is 13.1 Å². The molecule has 1 aliphatic heterocycles. The second-order valence-electron chi connectivity index (χ2n) is 6.98. The minimum absolute atomic E-state index is 0.326. The number of hydrogen-bond donors (Lipinski definition) is 2. The Kier molecular flexibility index (Phi) is 4.99. The molecule has 0 atom stereocenters. The summed E-state index contributed by atoms with van der Waals surface area (Å²) in [6.07, 6.45) is 2.60. The Labute approximate surface area is 107 Å². The number of nitrogens with one attached hydrogen (secondary N) is 1. The van der Waals surface area contributed by atoms with Crippen molar-refractivity contribution in [1.82, 2.24) is 10.2 Å². The fraction of sp³-hybridized carbons (Fsp3) is 1.00. The summed E-state index contributed by atoms with van der Waals surface area (Å²) in [5.74, 6) is 0.799. The lowest BCUT2D eigenvalue weighted by molar-refractivity contribution is 0.0674. The van der Waals surface area contributed by atoms with E-state index in [-0.39, 0.29) is 0 Å². The predicted octanol–water partition coefficient (Wildman–Crippen LogP) is 1.71. The number of hydrogen-bond acceptors (Lipinski definition) is 3. The van der Waals surface area contributed by atoms with Crippen LogP contribution in [-0.4, -0.2) is 48.8 Å². The molecule has 0 amide bonds. The van der Waals surface area contributed by atoms with Crippen LogP contribution in [0.15, 0.2) is 0 Å². The minimum Gasteiger partial charge on any atom is -0.389 e. The highest BCUT2D eigenvalue weighted by Crippen LogP contribution is 2.34. The molecule has 1 heterocycles. The second kappa shape index (κ2) is 5.68. The molecule has 0 aromatic carbocycles. The van der Waals surface area contributed by atoms with Crippen LogP contribution in [0.2, 0.25) is 0 Å². The summed E-state index contributed by atoms with van der Waals surface area (Å²) in [6, 6.07) is 0. The van der Waals surface area contributed by atoms with Gasteiger partial charge >= 0.3 is 0 Å². The van der Waals surface area contributed by atoms with E-state index >= 15 is 0 Å². The summed E-state index contributed by atoms with van der Waals surface area (Å²) in [7, 11) is 2.20. The third kappa shape index (κ3) is 5.36. The number of piperidine rings is 1. The predicted molar refractivity (Wildman–Crippen MR) is 73.2 cm³/mol. The van der Waals surface area contributed by atoms with Gasteiger partial charge in [-0.3, -0.25) is 0 Å². The van der Waals surface area contributed by atoms with Gasteiger partial charge in [0.25, 0.3) is 0 Å². The first-order valence-electron chi connectivity index (χ1n) is 6.82. The van der Waals surface area contributed by atoms with Gasteiger partial charge in [0.05, 0.1) is 5.60 Å². The minimum atomic E-state index is -0.608. The van der Waals surface area contributed by atoms with Crippen molar-refractivity contribution in [2.45, 2.75) is 46.1 Å². The lowest BCUT2D eigenvalue weighted by atomic mass is 9.73. The molecule has 3 heteroatoms. The van der Waals surface area contributed by atoms with Crippen LogP contribution in [0.3, 0.4) is 0 Å². The van der Waals surface area contributed by atoms with Crippen LogP contribution in [-0.2, 0) is 0 Å². The molecule has 0 unspecified atom stereocenters. The van der Waals surface area contributed by atoms with Gasteiger partial charge in [-0.15, -0.1) is 0 Å². The third-order valence-corrected chi connectivity index (χ3v) is 3.96. The van der Waals surface area contributed by atoms with E-state index < -0.39 is 5.60 Å².